The summed E-state index contributed by atoms with van der Waals surface area (Å²) in [5.41, 5.74) is 2.92. The van der Waals surface area contributed by atoms with Gasteiger partial charge in [0.2, 0.25) is 0 Å². The van der Waals surface area contributed by atoms with Crippen molar-refractivity contribution in [1.29, 1.82) is 0 Å². The first-order valence-corrected chi connectivity index (χ1v) is 8.32. The second kappa shape index (κ2) is 6.84. The number of aromatic nitrogens is 2. The fourth-order valence-electron chi connectivity index (χ4n) is 3.12. The Bertz CT molecular complexity index is 827. The summed E-state index contributed by atoms with van der Waals surface area (Å²) in [5, 5.41) is 0. The molecule has 3 heterocycles. The summed E-state index contributed by atoms with van der Waals surface area (Å²) < 4.78 is 10.6. The number of furan rings is 1. The molecule has 0 atom stereocenters. The first-order chi connectivity index (χ1) is 12.3. The standard InChI is InChI=1S/C19H20N4O2/c1-24-18-5-3-2-4-17(18)22-7-9-23(10-8-22)19-13-20-12-16(21-19)15-6-11-25-14-15/h2-6,11-14H,7-10H2,1H3. The zero-order chi connectivity index (χ0) is 17.1. The van der Waals surface area contributed by atoms with E-state index in [1.54, 1.807) is 25.8 Å². The number of benzene rings is 1. The van der Waals surface area contributed by atoms with Gasteiger partial charge in [-0.05, 0) is 18.2 Å². The summed E-state index contributed by atoms with van der Waals surface area (Å²) in [6.07, 6.45) is 6.92. The SMILES string of the molecule is COc1ccccc1N1CCN(c2cncc(-c3ccoc3)n2)CC1. The number of methoxy groups -OCH3 is 1. The van der Waals surface area contributed by atoms with Crippen LogP contribution in [0.15, 0.2) is 59.7 Å². The van der Waals surface area contributed by atoms with Gasteiger partial charge in [0.05, 0.1) is 43.4 Å². The molecule has 4 rings (SSSR count). The topological polar surface area (TPSA) is 54.6 Å². The van der Waals surface area contributed by atoms with Crippen LogP contribution in [-0.2, 0) is 0 Å². The predicted octanol–water partition coefficient (Wildman–Crippen LogP) is 3.07. The van der Waals surface area contributed by atoms with Gasteiger partial charge >= 0.3 is 0 Å². The van der Waals surface area contributed by atoms with Gasteiger partial charge in [-0.3, -0.25) is 4.98 Å². The average Bonchev–Trinajstić information content (AvgIpc) is 3.23. The molecule has 25 heavy (non-hydrogen) atoms. The molecule has 2 aromatic heterocycles. The quantitative estimate of drug-likeness (QED) is 0.730. The number of anilines is 2. The fourth-order valence-corrected chi connectivity index (χ4v) is 3.12. The molecule has 3 aromatic rings. The molecule has 0 spiro atoms. The van der Waals surface area contributed by atoms with Crippen LogP contribution in [0, 0.1) is 0 Å². The van der Waals surface area contributed by atoms with Crippen LogP contribution in [0.3, 0.4) is 0 Å². The van der Waals surface area contributed by atoms with Crippen LogP contribution < -0.4 is 14.5 Å². The summed E-state index contributed by atoms with van der Waals surface area (Å²) in [4.78, 5) is 13.7. The Morgan fingerprint density at radius 2 is 1.80 bits per heavy atom. The Morgan fingerprint density at radius 1 is 1.00 bits per heavy atom. The number of piperazine rings is 1. The molecule has 1 fully saturated rings. The third-order valence-corrected chi connectivity index (χ3v) is 4.47. The van der Waals surface area contributed by atoms with Crippen molar-refractivity contribution < 1.29 is 9.15 Å². The van der Waals surface area contributed by atoms with E-state index in [2.05, 4.69) is 20.9 Å². The minimum Gasteiger partial charge on any atom is -0.495 e. The van der Waals surface area contributed by atoms with E-state index in [1.165, 1.54) is 0 Å². The highest BCUT2D eigenvalue weighted by atomic mass is 16.5. The second-order valence-electron chi connectivity index (χ2n) is 5.92. The van der Waals surface area contributed by atoms with E-state index >= 15 is 0 Å². The van der Waals surface area contributed by atoms with Crippen molar-refractivity contribution in [1.82, 2.24) is 9.97 Å². The number of ether oxygens (including phenoxy) is 1. The summed E-state index contributed by atoms with van der Waals surface area (Å²) in [6, 6.07) is 10.0. The Labute approximate surface area is 146 Å². The van der Waals surface area contributed by atoms with Gasteiger partial charge in [0.1, 0.15) is 11.6 Å². The number of hydrogen-bond donors (Lipinski definition) is 0. The molecule has 0 N–H and O–H groups in total. The molecule has 1 aliphatic heterocycles. The highest BCUT2D eigenvalue weighted by Crippen LogP contribution is 2.29. The predicted molar refractivity (Wildman–Crippen MR) is 97.2 cm³/mol. The van der Waals surface area contributed by atoms with Crippen molar-refractivity contribution in [3.63, 3.8) is 0 Å². The zero-order valence-corrected chi connectivity index (χ0v) is 14.1. The molecular formula is C19H20N4O2. The van der Waals surface area contributed by atoms with Gasteiger partial charge in [0.15, 0.2) is 0 Å². The maximum absolute atomic E-state index is 5.48. The van der Waals surface area contributed by atoms with Gasteiger partial charge < -0.3 is 19.0 Å². The normalized spacial score (nSPS) is 14.6. The average molecular weight is 336 g/mol. The minimum atomic E-state index is 0.832. The van der Waals surface area contributed by atoms with Crippen molar-refractivity contribution in [2.75, 3.05) is 43.1 Å². The summed E-state index contributed by atoms with van der Waals surface area (Å²) in [5.74, 6) is 1.82. The van der Waals surface area contributed by atoms with Crippen molar-refractivity contribution >= 4 is 11.5 Å². The van der Waals surface area contributed by atoms with Crippen molar-refractivity contribution in [3.8, 4) is 17.0 Å². The lowest BCUT2D eigenvalue weighted by atomic mass is 10.2. The Hall–Kier alpha value is -3.02. The van der Waals surface area contributed by atoms with E-state index in [9.17, 15) is 0 Å². The van der Waals surface area contributed by atoms with Crippen LogP contribution in [0.5, 0.6) is 5.75 Å². The molecule has 6 heteroatoms. The molecule has 1 saturated heterocycles. The van der Waals surface area contributed by atoms with Crippen LogP contribution in [0.2, 0.25) is 0 Å². The molecule has 128 valence electrons. The largest absolute Gasteiger partial charge is 0.495 e. The van der Waals surface area contributed by atoms with Crippen LogP contribution >= 0.6 is 0 Å². The fraction of sp³-hybridized carbons (Fsp3) is 0.263. The van der Waals surface area contributed by atoms with Crippen LogP contribution in [-0.4, -0.2) is 43.3 Å². The molecule has 0 radical (unpaired) electrons. The van der Waals surface area contributed by atoms with Crippen LogP contribution in [0.4, 0.5) is 11.5 Å². The minimum absolute atomic E-state index is 0.832. The number of nitrogens with zero attached hydrogens (tertiary/aromatic N) is 4. The van der Waals surface area contributed by atoms with Gasteiger partial charge in [-0.15, -0.1) is 0 Å². The smallest absolute Gasteiger partial charge is 0.147 e. The van der Waals surface area contributed by atoms with E-state index < -0.39 is 0 Å². The highest BCUT2D eigenvalue weighted by Gasteiger charge is 2.21. The summed E-state index contributed by atoms with van der Waals surface area (Å²) in [7, 11) is 1.71. The number of para-hydroxylation sites is 2. The first kappa shape index (κ1) is 15.5. The van der Waals surface area contributed by atoms with Gasteiger partial charge in [-0.1, -0.05) is 12.1 Å². The molecule has 0 saturated carbocycles. The highest BCUT2D eigenvalue weighted by molar-refractivity contribution is 5.61. The lowest BCUT2D eigenvalue weighted by Crippen LogP contribution is -2.47. The van der Waals surface area contributed by atoms with E-state index in [4.69, 9.17) is 14.1 Å². The first-order valence-electron chi connectivity index (χ1n) is 8.32. The Morgan fingerprint density at radius 3 is 2.56 bits per heavy atom. The third kappa shape index (κ3) is 3.15. The molecule has 1 aliphatic rings. The van der Waals surface area contributed by atoms with Gasteiger partial charge in [-0.2, -0.15) is 0 Å². The van der Waals surface area contributed by atoms with Gasteiger partial charge in [0, 0.05) is 31.7 Å². The lowest BCUT2D eigenvalue weighted by Gasteiger charge is -2.37. The van der Waals surface area contributed by atoms with Gasteiger partial charge in [-0.25, -0.2) is 4.98 Å². The van der Waals surface area contributed by atoms with Crippen LogP contribution in [0.25, 0.3) is 11.3 Å². The summed E-state index contributed by atoms with van der Waals surface area (Å²) >= 11 is 0. The molecular weight excluding hydrogens is 316 g/mol. The molecule has 0 amide bonds. The molecule has 1 aromatic carbocycles. The zero-order valence-electron chi connectivity index (χ0n) is 14.1. The van der Waals surface area contributed by atoms with E-state index in [-0.39, 0.29) is 0 Å². The van der Waals surface area contributed by atoms with Crippen molar-refractivity contribution in [2.24, 2.45) is 0 Å². The third-order valence-electron chi connectivity index (χ3n) is 4.47. The Kier molecular flexibility index (Phi) is 4.24. The maximum atomic E-state index is 5.48. The number of hydrogen-bond acceptors (Lipinski definition) is 6. The van der Waals surface area contributed by atoms with E-state index in [0.29, 0.717) is 0 Å². The molecule has 0 bridgehead atoms. The Balaban J connectivity index is 1.48. The van der Waals surface area contributed by atoms with Crippen molar-refractivity contribution in [2.45, 2.75) is 0 Å². The van der Waals surface area contributed by atoms with Gasteiger partial charge in [0.25, 0.3) is 0 Å². The van der Waals surface area contributed by atoms with E-state index in [0.717, 1.165) is 54.7 Å². The molecule has 0 aliphatic carbocycles. The van der Waals surface area contributed by atoms with E-state index in [1.807, 2.05) is 30.5 Å². The monoisotopic (exact) mass is 336 g/mol. The summed E-state index contributed by atoms with van der Waals surface area (Å²) in [6.45, 7) is 3.61. The van der Waals surface area contributed by atoms with Crippen molar-refractivity contribution in [3.05, 3.63) is 55.3 Å². The molecule has 6 nitrogen and oxygen atoms in total. The maximum Gasteiger partial charge on any atom is 0.147 e. The number of rotatable bonds is 4. The lowest BCUT2D eigenvalue weighted by molar-refractivity contribution is 0.413. The van der Waals surface area contributed by atoms with Crippen LogP contribution in [0.1, 0.15) is 0 Å². The second-order valence-corrected chi connectivity index (χ2v) is 5.92. The molecule has 0 unspecified atom stereocenters.